The van der Waals surface area contributed by atoms with E-state index in [0.29, 0.717) is 18.5 Å². The van der Waals surface area contributed by atoms with Crippen molar-refractivity contribution in [2.75, 3.05) is 16.8 Å². The minimum atomic E-state index is -3.28. The highest BCUT2D eigenvalue weighted by Gasteiger charge is 2.75. The number of nitrogens with one attached hydrogen (secondary N) is 1. The summed E-state index contributed by atoms with van der Waals surface area (Å²) in [5.74, 6) is -9.46. The van der Waals surface area contributed by atoms with Gasteiger partial charge in [-0.3, -0.25) is 19.3 Å². The molecule has 2 N–H and O–H groups in total. The Hall–Kier alpha value is -2.17. The van der Waals surface area contributed by atoms with Crippen LogP contribution in [0.3, 0.4) is 0 Å². The molecule has 13 heteroatoms. The predicted molar refractivity (Wildman–Crippen MR) is 148 cm³/mol. The highest BCUT2D eigenvalue weighted by molar-refractivity contribution is 6.38. The van der Waals surface area contributed by atoms with E-state index in [-0.39, 0.29) is 37.4 Å². The smallest absolute Gasteiger partial charge is 0.310 e. The van der Waals surface area contributed by atoms with Crippen LogP contribution < -0.4 is 10.2 Å². The second-order valence-corrected chi connectivity index (χ2v) is 12.6. The Balaban J connectivity index is 1.56. The molecule has 6 rings (SSSR count). The van der Waals surface area contributed by atoms with Crippen molar-refractivity contribution < 1.29 is 28.3 Å². The molecule has 3 aliphatic heterocycles. The molecule has 212 valence electrons. The van der Waals surface area contributed by atoms with Gasteiger partial charge in [-0.15, -0.1) is 0 Å². The van der Waals surface area contributed by atoms with Crippen molar-refractivity contribution in [3.05, 3.63) is 56.0 Å². The molecule has 2 aromatic carbocycles. The number of anilines is 2. The first kappa shape index (κ1) is 28.0. The summed E-state index contributed by atoms with van der Waals surface area (Å²) >= 11 is 25.2. The summed E-state index contributed by atoms with van der Waals surface area (Å²) in [6.45, 7) is -0.908. The first-order valence-electron chi connectivity index (χ1n) is 12.8. The number of carbonyl (C=O) groups excluding carboxylic acids is 2. The van der Waals surface area contributed by atoms with Crippen LogP contribution in [0, 0.1) is 11.8 Å². The number of alkyl halides is 2. The Bertz CT molecular complexity index is 1430. The standard InChI is InChI=1S/C27H23Cl4F2N3O4/c28-12-5-13(29)7-16(6-12)36(15-3-1-2-4-15)23(37)20-19-10-26(32,33)11-35(19)27(21(20)24(38)39)17-8-14(30)9-18(31)22(17)34-25(27)40/h5-9,15,19-21H,1-4,10-11H2,(H,34,40)(H,38,39)/t19-,20+,21?,27+/m1/s1. The maximum absolute atomic E-state index is 15.1. The zero-order valence-corrected chi connectivity index (χ0v) is 23.8. The summed E-state index contributed by atoms with van der Waals surface area (Å²) in [6, 6.07) is 5.75. The van der Waals surface area contributed by atoms with Gasteiger partial charge in [0.2, 0.25) is 5.91 Å². The fraction of sp³-hybridized carbons (Fsp3) is 0.444. The summed E-state index contributed by atoms with van der Waals surface area (Å²) in [5, 5.41) is 13.9. The molecule has 4 aliphatic rings. The minimum absolute atomic E-state index is 0.0373. The topological polar surface area (TPSA) is 90.0 Å². The average molecular weight is 633 g/mol. The van der Waals surface area contributed by atoms with Crippen molar-refractivity contribution in [2.45, 2.75) is 55.6 Å². The third kappa shape index (κ3) is 4.11. The van der Waals surface area contributed by atoms with E-state index in [4.69, 9.17) is 46.4 Å². The van der Waals surface area contributed by atoms with Crippen LogP contribution in [-0.2, 0) is 19.9 Å². The molecular weight excluding hydrogens is 610 g/mol. The lowest BCUT2D eigenvalue weighted by Gasteiger charge is -2.36. The number of aliphatic carboxylic acids is 1. The fourth-order valence-corrected chi connectivity index (χ4v) is 8.36. The number of hydrogen-bond acceptors (Lipinski definition) is 4. The van der Waals surface area contributed by atoms with E-state index < -0.39 is 60.1 Å². The molecule has 2 amide bonds. The highest BCUT2D eigenvalue weighted by atomic mass is 35.5. The van der Waals surface area contributed by atoms with E-state index in [9.17, 15) is 19.5 Å². The molecule has 1 aliphatic carbocycles. The Labute approximate surface area is 248 Å². The Morgan fingerprint density at radius 2 is 1.62 bits per heavy atom. The lowest BCUT2D eigenvalue weighted by Crippen LogP contribution is -2.54. The number of nitrogens with zero attached hydrogens (tertiary/aromatic N) is 2. The number of hydrogen-bond donors (Lipinski definition) is 2. The van der Waals surface area contributed by atoms with Crippen LogP contribution in [-0.4, -0.2) is 52.3 Å². The fourth-order valence-electron chi connectivity index (χ4n) is 7.30. The molecule has 0 bridgehead atoms. The number of amides is 2. The molecule has 4 atom stereocenters. The lowest BCUT2D eigenvalue weighted by molar-refractivity contribution is -0.153. The van der Waals surface area contributed by atoms with E-state index in [1.54, 1.807) is 12.1 Å². The Kier molecular flexibility index (Phi) is 6.78. The summed E-state index contributed by atoms with van der Waals surface area (Å²) in [7, 11) is 0. The van der Waals surface area contributed by atoms with Crippen LogP contribution >= 0.6 is 46.4 Å². The molecule has 40 heavy (non-hydrogen) atoms. The van der Waals surface area contributed by atoms with Gasteiger partial charge in [0.05, 0.1) is 23.2 Å². The van der Waals surface area contributed by atoms with Gasteiger partial charge in [-0.05, 0) is 43.2 Å². The third-order valence-corrected chi connectivity index (χ3v) is 9.59. The van der Waals surface area contributed by atoms with E-state index in [1.807, 2.05) is 0 Å². The van der Waals surface area contributed by atoms with Crippen LogP contribution in [0.5, 0.6) is 0 Å². The number of halogens is 6. The zero-order chi connectivity index (χ0) is 28.7. The maximum atomic E-state index is 15.1. The van der Waals surface area contributed by atoms with E-state index in [0.717, 1.165) is 12.8 Å². The number of rotatable bonds is 4. The first-order chi connectivity index (χ1) is 18.8. The van der Waals surface area contributed by atoms with Gasteiger partial charge in [0, 0.05) is 44.8 Å². The van der Waals surface area contributed by atoms with Crippen molar-refractivity contribution in [2.24, 2.45) is 11.8 Å². The molecule has 1 saturated carbocycles. The Morgan fingerprint density at radius 1 is 1.00 bits per heavy atom. The van der Waals surface area contributed by atoms with E-state index in [2.05, 4.69) is 5.32 Å². The van der Waals surface area contributed by atoms with Gasteiger partial charge in [0.15, 0.2) is 0 Å². The van der Waals surface area contributed by atoms with Crippen LogP contribution in [0.2, 0.25) is 20.1 Å². The predicted octanol–water partition coefficient (Wildman–Crippen LogP) is 6.46. The minimum Gasteiger partial charge on any atom is -0.481 e. The van der Waals surface area contributed by atoms with Gasteiger partial charge < -0.3 is 15.3 Å². The molecular formula is C27H23Cl4F2N3O4. The molecule has 2 saturated heterocycles. The van der Waals surface area contributed by atoms with Gasteiger partial charge in [0.25, 0.3) is 11.8 Å². The third-order valence-electron chi connectivity index (χ3n) is 8.64. The number of carboxylic acids is 1. The van der Waals surface area contributed by atoms with Crippen LogP contribution in [0.15, 0.2) is 30.3 Å². The normalized spacial score (nSPS) is 29.1. The van der Waals surface area contributed by atoms with Crippen LogP contribution in [0.25, 0.3) is 0 Å². The van der Waals surface area contributed by atoms with E-state index in [1.165, 1.54) is 28.0 Å². The van der Waals surface area contributed by atoms with Gasteiger partial charge in [0.1, 0.15) is 11.5 Å². The lowest BCUT2D eigenvalue weighted by atomic mass is 9.73. The van der Waals surface area contributed by atoms with Crippen molar-refractivity contribution in [3.63, 3.8) is 0 Å². The molecule has 2 aromatic rings. The molecule has 1 unspecified atom stereocenters. The average Bonchev–Trinajstić information content (AvgIpc) is 3.58. The van der Waals surface area contributed by atoms with E-state index >= 15 is 8.78 Å². The largest absolute Gasteiger partial charge is 0.481 e. The summed E-state index contributed by atoms with van der Waals surface area (Å²) in [5.41, 5.74) is -1.62. The van der Waals surface area contributed by atoms with Gasteiger partial charge in [-0.2, -0.15) is 0 Å². The molecule has 3 fully saturated rings. The first-order valence-corrected chi connectivity index (χ1v) is 14.3. The number of carbonyl (C=O) groups is 3. The summed E-state index contributed by atoms with van der Waals surface area (Å²) in [4.78, 5) is 44.2. The highest BCUT2D eigenvalue weighted by Crippen LogP contribution is 2.61. The summed E-state index contributed by atoms with van der Waals surface area (Å²) < 4.78 is 30.3. The molecule has 0 aromatic heterocycles. The van der Waals surface area contributed by atoms with Crippen molar-refractivity contribution >= 4 is 75.6 Å². The van der Waals surface area contributed by atoms with Crippen LogP contribution in [0.1, 0.15) is 37.7 Å². The van der Waals surface area contributed by atoms with Crippen molar-refractivity contribution in [3.8, 4) is 0 Å². The van der Waals surface area contributed by atoms with Crippen molar-refractivity contribution in [1.82, 2.24) is 4.90 Å². The van der Waals surface area contributed by atoms with Crippen LogP contribution in [0.4, 0.5) is 20.2 Å². The quantitative estimate of drug-likeness (QED) is 0.404. The summed E-state index contributed by atoms with van der Waals surface area (Å²) in [6.07, 6.45) is 2.13. The molecule has 3 heterocycles. The van der Waals surface area contributed by atoms with Gasteiger partial charge in [-0.1, -0.05) is 59.2 Å². The number of fused-ring (bicyclic) bond motifs is 4. The van der Waals surface area contributed by atoms with Gasteiger partial charge in [-0.25, -0.2) is 8.78 Å². The molecule has 7 nitrogen and oxygen atoms in total. The second kappa shape index (κ2) is 9.70. The number of benzene rings is 2. The van der Waals surface area contributed by atoms with Crippen molar-refractivity contribution in [1.29, 1.82) is 0 Å². The number of carboxylic acid groups (broad SMARTS) is 1. The van der Waals surface area contributed by atoms with Gasteiger partial charge >= 0.3 is 5.97 Å². The Morgan fingerprint density at radius 3 is 2.25 bits per heavy atom. The zero-order valence-electron chi connectivity index (χ0n) is 20.8. The monoisotopic (exact) mass is 631 g/mol. The molecule has 1 spiro atoms. The SMILES string of the molecule is O=C(O)C1[C@@H](C(=O)N(c2cc(Cl)cc(Cl)c2)C2CCCC2)[C@H]2CC(F)(F)CN2[C@]12C(=O)Nc1c(Cl)cc(Cl)cc12. The second-order valence-electron chi connectivity index (χ2n) is 10.9. The maximum Gasteiger partial charge on any atom is 0.310 e. The molecule has 0 radical (unpaired) electrons.